The molecule has 0 radical (unpaired) electrons. The molecule has 1 saturated carbocycles. The second kappa shape index (κ2) is 4.66. The second-order valence-electron chi connectivity index (χ2n) is 4.52. The number of carbonyl (C=O) groups is 1. The number of rotatable bonds is 4. The number of anilines is 1. The van der Waals surface area contributed by atoms with Crippen LogP contribution in [-0.4, -0.2) is 5.91 Å². The van der Waals surface area contributed by atoms with Gasteiger partial charge in [0, 0.05) is 18.2 Å². The second-order valence-corrected chi connectivity index (χ2v) is 4.52. The zero-order chi connectivity index (χ0) is 11.5. The van der Waals surface area contributed by atoms with E-state index in [4.69, 9.17) is 5.73 Å². The van der Waals surface area contributed by atoms with Crippen molar-refractivity contribution in [2.45, 2.75) is 26.3 Å². The highest BCUT2D eigenvalue weighted by Crippen LogP contribution is 2.37. The molecule has 3 nitrogen and oxygen atoms in total. The molecular weight excluding hydrogens is 200 g/mol. The van der Waals surface area contributed by atoms with E-state index >= 15 is 0 Å². The zero-order valence-corrected chi connectivity index (χ0v) is 9.57. The van der Waals surface area contributed by atoms with E-state index in [9.17, 15) is 4.79 Å². The Morgan fingerprint density at radius 3 is 2.94 bits per heavy atom. The fourth-order valence-electron chi connectivity index (χ4n) is 1.84. The van der Waals surface area contributed by atoms with Crippen molar-refractivity contribution in [1.82, 2.24) is 0 Å². The Bertz CT molecular complexity index is 385. The first-order chi connectivity index (χ1) is 7.70. The summed E-state index contributed by atoms with van der Waals surface area (Å²) in [4.78, 5) is 11.9. The summed E-state index contributed by atoms with van der Waals surface area (Å²) < 4.78 is 0. The van der Waals surface area contributed by atoms with Crippen molar-refractivity contribution in [2.75, 3.05) is 5.32 Å². The fourth-order valence-corrected chi connectivity index (χ4v) is 1.84. The van der Waals surface area contributed by atoms with Crippen LogP contribution in [0.4, 0.5) is 5.69 Å². The van der Waals surface area contributed by atoms with E-state index in [1.165, 1.54) is 12.8 Å². The van der Waals surface area contributed by atoms with Crippen LogP contribution in [0.15, 0.2) is 24.3 Å². The van der Waals surface area contributed by atoms with Crippen molar-refractivity contribution in [2.24, 2.45) is 17.6 Å². The highest BCUT2D eigenvalue weighted by Gasteiger charge is 2.32. The minimum Gasteiger partial charge on any atom is -0.326 e. The van der Waals surface area contributed by atoms with E-state index in [2.05, 4.69) is 5.32 Å². The maximum atomic E-state index is 11.9. The van der Waals surface area contributed by atoms with E-state index in [0.29, 0.717) is 12.5 Å². The number of benzene rings is 1. The number of amides is 1. The quantitative estimate of drug-likeness (QED) is 0.813. The van der Waals surface area contributed by atoms with Gasteiger partial charge < -0.3 is 11.1 Å². The van der Waals surface area contributed by atoms with E-state index in [0.717, 1.165) is 11.3 Å². The van der Waals surface area contributed by atoms with Crippen LogP contribution in [0, 0.1) is 11.8 Å². The number of nitrogens with one attached hydrogen (secondary N) is 1. The van der Waals surface area contributed by atoms with Crippen molar-refractivity contribution in [3.63, 3.8) is 0 Å². The summed E-state index contributed by atoms with van der Waals surface area (Å²) in [6, 6.07) is 7.70. The van der Waals surface area contributed by atoms with Gasteiger partial charge in [-0.2, -0.15) is 0 Å². The molecule has 1 aromatic carbocycles. The zero-order valence-electron chi connectivity index (χ0n) is 9.57. The number of hydrogen-bond donors (Lipinski definition) is 2. The first kappa shape index (κ1) is 11.1. The van der Waals surface area contributed by atoms with E-state index < -0.39 is 0 Å². The molecule has 0 saturated heterocycles. The van der Waals surface area contributed by atoms with E-state index in [1.807, 2.05) is 31.2 Å². The molecule has 1 fully saturated rings. The van der Waals surface area contributed by atoms with Gasteiger partial charge in [0.05, 0.1) is 0 Å². The van der Waals surface area contributed by atoms with Crippen LogP contribution in [0.1, 0.15) is 25.3 Å². The Labute approximate surface area is 96.0 Å². The molecular formula is C13H18N2O. The smallest absolute Gasteiger partial charge is 0.227 e. The summed E-state index contributed by atoms with van der Waals surface area (Å²) in [5.74, 6) is 0.843. The molecule has 1 aliphatic carbocycles. The van der Waals surface area contributed by atoms with Crippen LogP contribution in [0.3, 0.4) is 0 Å². The van der Waals surface area contributed by atoms with Gasteiger partial charge in [0.15, 0.2) is 0 Å². The Balaban J connectivity index is 1.99. The Morgan fingerprint density at radius 2 is 2.31 bits per heavy atom. The van der Waals surface area contributed by atoms with Crippen LogP contribution < -0.4 is 11.1 Å². The molecule has 3 N–H and O–H groups in total. The molecule has 0 spiro atoms. The van der Waals surface area contributed by atoms with Crippen molar-refractivity contribution >= 4 is 11.6 Å². The third-order valence-corrected chi connectivity index (χ3v) is 3.17. The third-order valence-electron chi connectivity index (χ3n) is 3.17. The molecule has 1 aromatic rings. The first-order valence-corrected chi connectivity index (χ1v) is 5.80. The van der Waals surface area contributed by atoms with Gasteiger partial charge in [0.2, 0.25) is 5.91 Å². The van der Waals surface area contributed by atoms with Gasteiger partial charge >= 0.3 is 0 Å². The standard InChI is InChI=1S/C13H18N2O/c1-9(11-5-6-11)13(16)15-12-4-2-3-10(7-12)8-14/h2-4,7,9,11H,5-6,8,14H2,1H3,(H,15,16). The minimum absolute atomic E-state index is 0.122. The Kier molecular flexibility index (Phi) is 3.25. The molecule has 1 atom stereocenters. The van der Waals surface area contributed by atoms with Gasteiger partial charge in [-0.1, -0.05) is 19.1 Å². The van der Waals surface area contributed by atoms with Crippen LogP contribution in [0.5, 0.6) is 0 Å². The average molecular weight is 218 g/mol. The lowest BCUT2D eigenvalue weighted by atomic mass is 10.1. The topological polar surface area (TPSA) is 55.1 Å². The summed E-state index contributed by atoms with van der Waals surface area (Å²) in [5.41, 5.74) is 7.44. The van der Waals surface area contributed by atoms with Crippen LogP contribution in [-0.2, 0) is 11.3 Å². The summed E-state index contributed by atoms with van der Waals surface area (Å²) in [7, 11) is 0. The van der Waals surface area contributed by atoms with Gasteiger partial charge in [-0.05, 0) is 36.5 Å². The summed E-state index contributed by atoms with van der Waals surface area (Å²) in [5, 5.41) is 2.94. The molecule has 16 heavy (non-hydrogen) atoms. The lowest BCUT2D eigenvalue weighted by Crippen LogP contribution is -2.21. The van der Waals surface area contributed by atoms with Crippen molar-refractivity contribution in [3.05, 3.63) is 29.8 Å². The average Bonchev–Trinajstić information content (AvgIpc) is 3.12. The molecule has 3 heteroatoms. The van der Waals surface area contributed by atoms with Crippen molar-refractivity contribution in [1.29, 1.82) is 0 Å². The minimum atomic E-state index is 0.122. The van der Waals surface area contributed by atoms with Gasteiger partial charge in [0.25, 0.3) is 0 Å². The number of nitrogens with two attached hydrogens (primary N) is 1. The van der Waals surface area contributed by atoms with Gasteiger partial charge in [-0.15, -0.1) is 0 Å². The molecule has 1 aliphatic rings. The molecule has 0 aliphatic heterocycles. The summed E-state index contributed by atoms with van der Waals surface area (Å²) in [6.45, 7) is 2.50. The maximum Gasteiger partial charge on any atom is 0.227 e. The molecule has 1 unspecified atom stereocenters. The van der Waals surface area contributed by atoms with Gasteiger partial charge in [0.1, 0.15) is 0 Å². The van der Waals surface area contributed by atoms with Gasteiger partial charge in [-0.25, -0.2) is 0 Å². The van der Waals surface area contributed by atoms with E-state index in [-0.39, 0.29) is 11.8 Å². The lowest BCUT2D eigenvalue weighted by Gasteiger charge is -2.11. The summed E-state index contributed by atoms with van der Waals surface area (Å²) in [6.07, 6.45) is 2.38. The number of hydrogen-bond acceptors (Lipinski definition) is 2. The first-order valence-electron chi connectivity index (χ1n) is 5.80. The van der Waals surface area contributed by atoms with Crippen molar-refractivity contribution < 1.29 is 4.79 Å². The van der Waals surface area contributed by atoms with Crippen LogP contribution in [0.2, 0.25) is 0 Å². The maximum absolute atomic E-state index is 11.9. The molecule has 2 rings (SSSR count). The SMILES string of the molecule is CC(C(=O)Nc1cccc(CN)c1)C1CC1. The van der Waals surface area contributed by atoms with Gasteiger partial charge in [-0.3, -0.25) is 4.79 Å². The van der Waals surface area contributed by atoms with E-state index in [1.54, 1.807) is 0 Å². The Hall–Kier alpha value is -1.35. The molecule has 0 bridgehead atoms. The Morgan fingerprint density at radius 1 is 1.56 bits per heavy atom. The molecule has 86 valence electrons. The molecule has 0 aromatic heterocycles. The third kappa shape index (κ3) is 2.61. The monoisotopic (exact) mass is 218 g/mol. The number of carbonyl (C=O) groups excluding carboxylic acids is 1. The van der Waals surface area contributed by atoms with Crippen LogP contribution in [0.25, 0.3) is 0 Å². The predicted octanol–water partition coefficient (Wildman–Crippen LogP) is 2.13. The molecule has 0 heterocycles. The highest BCUT2D eigenvalue weighted by molar-refractivity contribution is 5.92. The summed E-state index contributed by atoms with van der Waals surface area (Å²) >= 11 is 0. The largest absolute Gasteiger partial charge is 0.326 e. The highest BCUT2D eigenvalue weighted by atomic mass is 16.1. The molecule has 1 amide bonds. The fraction of sp³-hybridized carbons (Fsp3) is 0.462. The normalized spacial score (nSPS) is 16.9. The van der Waals surface area contributed by atoms with Crippen molar-refractivity contribution in [3.8, 4) is 0 Å². The van der Waals surface area contributed by atoms with Crippen LogP contribution >= 0.6 is 0 Å². The lowest BCUT2D eigenvalue weighted by molar-refractivity contribution is -0.119. The predicted molar refractivity (Wildman–Crippen MR) is 64.9 cm³/mol.